The molecule has 2 rings (SSSR count). The SMILES string of the molecule is CCCNc1cncc(-n2ccc(C(=O)NC)n2)n1. The number of amides is 1. The van der Waals surface area contributed by atoms with E-state index >= 15 is 0 Å². The van der Waals surface area contributed by atoms with Gasteiger partial charge in [0, 0.05) is 19.8 Å². The fourth-order valence-corrected chi connectivity index (χ4v) is 1.51. The van der Waals surface area contributed by atoms with Crippen molar-refractivity contribution in [3.8, 4) is 5.82 Å². The van der Waals surface area contributed by atoms with Crippen molar-refractivity contribution in [2.24, 2.45) is 0 Å². The van der Waals surface area contributed by atoms with Gasteiger partial charge in [0.1, 0.15) is 5.82 Å². The van der Waals surface area contributed by atoms with Crippen LogP contribution in [0, 0.1) is 0 Å². The zero-order valence-corrected chi connectivity index (χ0v) is 10.9. The molecule has 0 saturated heterocycles. The van der Waals surface area contributed by atoms with E-state index < -0.39 is 0 Å². The van der Waals surface area contributed by atoms with Crippen LogP contribution in [0.1, 0.15) is 23.8 Å². The number of nitrogens with zero attached hydrogens (tertiary/aromatic N) is 4. The number of anilines is 1. The highest BCUT2D eigenvalue weighted by Gasteiger charge is 2.09. The monoisotopic (exact) mass is 260 g/mol. The molecule has 0 unspecified atom stereocenters. The van der Waals surface area contributed by atoms with E-state index in [2.05, 4.69) is 32.6 Å². The average molecular weight is 260 g/mol. The van der Waals surface area contributed by atoms with E-state index in [1.807, 2.05) is 0 Å². The summed E-state index contributed by atoms with van der Waals surface area (Å²) >= 11 is 0. The van der Waals surface area contributed by atoms with Crippen LogP contribution >= 0.6 is 0 Å². The molecule has 0 spiro atoms. The molecule has 7 nitrogen and oxygen atoms in total. The summed E-state index contributed by atoms with van der Waals surface area (Å²) in [5.41, 5.74) is 0.344. The standard InChI is InChI=1S/C12H16N6O/c1-3-5-15-10-7-14-8-11(16-10)18-6-4-9(17-18)12(19)13-2/h4,6-8H,3,5H2,1-2H3,(H,13,19)(H,15,16). The van der Waals surface area contributed by atoms with Crippen molar-refractivity contribution in [1.29, 1.82) is 0 Å². The van der Waals surface area contributed by atoms with Gasteiger partial charge >= 0.3 is 0 Å². The number of aromatic nitrogens is 4. The van der Waals surface area contributed by atoms with E-state index in [1.54, 1.807) is 31.7 Å². The van der Waals surface area contributed by atoms with Crippen LogP contribution in [0.3, 0.4) is 0 Å². The summed E-state index contributed by atoms with van der Waals surface area (Å²) < 4.78 is 1.52. The highest BCUT2D eigenvalue weighted by atomic mass is 16.1. The van der Waals surface area contributed by atoms with Crippen LogP contribution in [0.5, 0.6) is 0 Å². The number of nitrogens with one attached hydrogen (secondary N) is 2. The van der Waals surface area contributed by atoms with Gasteiger partial charge in [0.15, 0.2) is 11.5 Å². The highest BCUT2D eigenvalue weighted by molar-refractivity contribution is 5.91. The summed E-state index contributed by atoms with van der Waals surface area (Å²) in [7, 11) is 1.57. The van der Waals surface area contributed by atoms with Crippen LogP contribution in [-0.2, 0) is 0 Å². The van der Waals surface area contributed by atoms with E-state index in [9.17, 15) is 4.79 Å². The number of carbonyl (C=O) groups is 1. The predicted octanol–water partition coefficient (Wildman–Crippen LogP) is 0.844. The Hall–Kier alpha value is -2.44. The van der Waals surface area contributed by atoms with Crippen molar-refractivity contribution >= 4 is 11.7 Å². The van der Waals surface area contributed by atoms with Gasteiger partial charge in [-0.05, 0) is 12.5 Å². The average Bonchev–Trinajstić information content (AvgIpc) is 2.94. The number of rotatable bonds is 5. The maximum absolute atomic E-state index is 11.4. The molecule has 0 bridgehead atoms. The second-order valence-corrected chi connectivity index (χ2v) is 3.91. The summed E-state index contributed by atoms with van der Waals surface area (Å²) in [5.74, 6) is 1.03. The van der Waals surface area contributed by atoms with Gasteiger partial charge in [-0.2, -0.15) is 5.10 Å². The molecule has 7 heteroatoms. The third-order valence-electron chi connectivity index (χ3n) is 2.46. The molecule has 0 atom stereocenters. The molecule has 19 heavy (non-hydrogen) atoms. The van der Waals surface area contributed by atoms with Gasteiger partial charge in [0.2, 0.25) is 0 Å². The maximum atomic E-state index is 11.4. The third kappa shape index (κ3) is 3.06. The molecule has 2 aromatic heterocycles. The topological polar surface area (TPSA) is 84.7 Å². The highest BCUT2D eigenvalue weighted by Crippen LogP contribution is 2.07. The molecule has 100 valence electrons. The molecule has 0 radical (unpaired) electrons. The largest absolute Gasteiger partial charge is 0.369 e. The Morgan fingerprint density at radius 1 is 1.42 bits per heavy atom. The van der Waals surface area contributed by atoms with Gasteiger partial charge in [-0.1, -0.05) is 6.92 Å². The molecule has 0 aromatic carbocycles. The molecule has 0 aliphatic heterocycles. The lowest BCUT2D eigenvalue weighted by Gasteiger charge is -2.05. The Bertz CT molecular complexity index is 565. The van der Waals surface area contributed by atoms with Gasteiger partial charge in [0.05, 0.1) is 12.4 Å². The van der Waals surface area contributed by atoms with Gasteiger partial charge in [0.25, 0.3) is 5.91 Å². The minimum absolute atomic E-state index is 0.230. The molecule has 1 amide bonds. The number of hydrogen-bond acceptors (Lipinski definition) is 5. The molecule has 0 aliphatic rings. The minimum Gasteiger partial charge on any atom is -0.369 e. The van der Waals surface area contributed by atoms with Crippen molar-refractivity contribution in [2.75, 3.05) is 18.9 Å². The van der Waals surface area contributed by atoms with Crippen molar-refractivity contribution in [3.63, 3.8) is 0 Å². The first-order valence-electron chi connectivity index (χ1n) is 6.08. The first-order valence-corrected chi connectivity index (χ1v) is 6.08. The van der Waals surface area contributed by atoms with Crippen LogP contribution in [-0.4, -0.2) is 39.2 Å². The van der Waals surface area contributed by atoms with E-state index in [0.29, 0.717) is 17.3 Å². The lowest BCUT2D eigenvalue weighted by atomic mass is 10.4. The zero-order chi connectivity index (χ0) is 13.7. The molecular formula is C12H16N6O. The quantitative estimate of drug-likeness (QED) is 0.832. The maximum Gasteiger partial charge on any atom is 0.271 e. The summed E-state index contributed by atoms with van der Waals surface area (Å²) in [6.07, 6.45) is 5.94. The van der Waals surface area contributed by atoms with Crippen LogP contribution in [0.25, 0.3) is 5.82 Å². The van der Waals surface area contributed by atoms with Gasteiger partial charge in [-0.3, -0.25) is 9.78 Å². The molecule has 2 N–H and O–H groups in total. The zero-order valence-electron chi connectivity index (χ0n) is 10.9. The normalized spacial score (nSPS) is 10.2. The second kappa shape index (κ2) is 5.94. The molecule has 2 heterocycles. The molecule has 0 fully saturated rings. The Morgan fingerprint density at radius 2 is 2.26 bits per heavy atom. The van der Waals surface area contributed by atoms with Crippen molar-refractivity contribution < 1.29 is 4.79 Å². The Morgan fingerprint density at radius 3 is 3.00 bits per heavy atom. The van der Waals surface area contributed by atoms with Crippen LogP contribution in [0.2, 0.25) is 0 Å². The molecule has 0 saturated carbocycles. The third-order valence-corrected chi connectivity index (χ3v) is 2.46. The first kappa shape index (κ1) is 13.0. The van der Waals surface area contributed by atoms with Gasteiger partial charge < -0.3 is 10.6 Å². The lowest BCUT2D eigenvalue weighted by Crippen LogP contribution is -2.18. The van der Waals surface area contributed by atoms with E-state index in [0.717, 1.165) is 13.0 Å². The van der Waals surface area contributed by atoms with Gasteiger partial charge in [-0.15, -0.1) is 0 Å². The Kier molecular flexibility index (Phi) is 4.07. The van der Waals surface area contributed by atoms with E-state index in [1.165, 1.54) is 4.68 Å². The fourth-order valence-electron chi connectivity index (χ4n) is 1.51. The van der Waals surface area contributed by atoms with Crippen molar-refractivity contribution in [2.45, 2.75) is 13.3 Å². The number of hydrogen-bond donors (Lipinski definition) is 2. The summed E-state index contributed by atoms with van der Waals surface area (Å²) in [6.45, 7) is 2.91. The lowest BCUT2D eigenvalue weighted by molar-refractivity contribution is 0.0957. The van der Waals surface area contributed by atoms with Crippen molar-refractivity contribution in [1.82, 2.24) is 25.1 Å². The van der Waals surface area contributed by atoms with Crippen LogP contribution < -0.4 is 10.6 Å². The summed E-state index contributed by atoms with van der Waals surface area (Å²) in [4.78, 5) is 19.9. The molecule has 2 aromatic rings. The predicted molar refractivity (Wildman–Crippen MR) is 71.3 cm³/mol. The Balaban J connectivity index is 2.21. The Labute approximate surface area is 111 Å². The second-order valence-electron chi connectivity index (χ2n) is 3.91. The van der Waals surface area contributed by atoms with E-state index in [-0.39, 0.29) is 5.91 Å². The number of carbonyl (C=O) groups excluding carboxylic acids is 1. The first-order chi connectivity index (χ1) is 9.24. The molecular weight excluding hydrogens is 244 g/mol. The summed E-state index contributed by atoms with van der Waals surface area (Å²) in [6, 6.07) is 1.63. The molecule has 0 aliphatic carbocycles. The smallest absolute Gasteiger partial charge is 0.271 e. The summed E-state index contributed by atoms with van der Waals surface area (Å²) in [5, 5.41) is 9.82. The fraction of sp³-hybridized carbons (Fsp3) is 0.333. The van der Waals surface area contributed by atoms with Gasteiger partial charge in [-0.25, -0.2) is 9.67 Å². The minimum atomic E-state index is -0.230. The van der Waals surface area contributed by atoms with Crippen LogP contribution in [0.4, 0.5) is 5.82 Å². The van der Waals surface area contributed by atoms with Crippen molar-refractivity contribution in [3.05, 3.63) is 30.4 Å². The van der Waals surface area contributed by atoms with Crippen LogP contribution in [0.15, 0.2) is 24.7 Å². The van der Waals surface area contributed by atoms with E-state index in [4.69, 9.17) is 0 Å².